The standard InChI is InChI=1S/C28H28FN3O3/c29-25-12-7-13-26(27(25)31-14-16-34-17-15-31)32-21-24(35-28(32)33)20-30(18-22-8-3-1-4-9-22)19-23-10-5-2-6-11-23/h1-13,21H,14-20H2. The van der Waals surface area contributed by atoms with Crippen molar-refractivity contribution >= 4 is 5.69 Å². The maximum Gasteiger partial charge on any atom is 0.423 e. The van der Waals surface area contributed by atoms with E-state index in [0.717, 1.165) is 0 Å². The van der Waals surface area contributed by atoms with Crippen molar-refractivity contribution in [2.75, 3.05) is 31.2 Å². The molecule has 0 radical (unpaired) electrons. The molecule has 0 saturated carbocycles. The van der Waals surface area contributed by atoms with Gasteiger partial charge in [-0.1, -0.05) is 66.7 Å². The van der Waals surface area contributed by atoms with Crippen molar-refractivity contribution in [1.82, 2.24) is 9.47 Å². The molecular weight excluding hydrogens is 445 g/mol. The Bertz CT molecular complexity index is 1260. The molecule has 3 aromatic carbocycles. The highest BCUT2D eigenvalue weighted by molar-refractivity contribution is 5.64. The summed E-state index contributed by atoms with van der Waals surface area (Å²) in [5, 5.41) is 0. The minimum Gasteiger partial charge on any atom is -0.411 e. The Balaban J connectivity index is 1.44. The highest BCUT2D eigenvalue weighted by Crippen LogP contribution is 2.28. The number of nitrogens with zero attached hydrogens (tertiary/aromatic N) is 3. The number of anilines is 1. The van der Waals surface area contributed by atoms with Crippen LogP contribution in [0.2, 0.25) is 0 Å². The number of hydrogen-bond donors (Lipinski definition) is 0. The highest BCUT2D eigenvalue weighted by Gasteiger charge is 2.22. The summed E-state index contributed by atoms with van der Waals surface area (Å²) >= 11 is 0. The van der Waals surface area contributed by atoms with Gasteiger partial charge < -0.3 is 14.1 Å². The third-order valence-corrected chi connectivity index (χ3v) is 6.12. The minimum absolute atomic E-state index is 0.367. The number of morpholine rings is 1. The molecule has 7 heteroatoms. The van der Waals surface area contributed by atoms with Gasteiger partial charge in [0.1, 0.15) is 11.6 Å². The van der Waals surface area contributed by atoms with Crippen LogP contribution in [-0.4, -0.2) is 35.8 Å². The smallest absolute Gasteiger partial charge is 0.411 e. The molecule has 2 heterocycles. The lowest BCUT2D eigenvalue weighted by Gasteiger charge is -2.30. The summed E-state index contributed by atoms with van der Waals surface area (Å²) in [6.07, 6.45) is 1.68. The van der Waals surface area contributed by atoms with Crippen LogP contribution in [0.3, 0.4) is 0 Å². The number of oxazole rings is 1. The van der Waals surface area contributed by atoms with Crippen molar-refractivity contribution in [2.45, 2.75) is 19.6 Å². The zero-order valence-corrected chi connectivity index (χ0v) is 19.5. The van der Waals surface area contributed by atoms with Crippen molar-refractivity contribution in [3.63, 3.8) is 0 Å². The average Bonchev–Trinajstić information content (AvgIpc) is 3.25. The Morgan fingerprint density at radius 3 is 2.06 bits per heavy atom. The molecule has 0 atom stereocenters. The van der Waals surface area contributed by atoms with Crippen molar-refractivity contribution in [1.29, 1.82) is 0 Å². The van der Waals surface area contributed by atoms with Gasteiger partial charge in [0.25, 0.3) is 0 Å². The van der Waals surface area contributed by atoms with Gasteiger partial charge in [0, 0.05) is 26.2 Å². The number of aromatic nitrogens is 1. The second-order valence-electron chi connectivity index (χ2n) is 8.66. The van der Waals surface area contributed by atoms with Gasteiger partial charge in [-0.15, -0.1) is 0 Å². The molecule has 35 heavy (non-hydrogen) atoms. The molecule has 1 saturated heterocycles. The summed E-state index contributed by atoms with van der Waals surface area (Å²) in [5.74, 6) is -0.368. The molecule has 5 rings (SSSR count). The van der Waals surface area contributed by atoms with Crippen molar-refractivity contribution in [2.24, 2.45) is 0 Å². The first-order valence-electron chi connectivity index (χ1n) is 11.8. The Hall–Kier alpha value is -3.68. The molecule has 0 amide bonds. The Morgan fingerprint density at radius 1 is 0.800 bits per heavy atom. The first-order chi connectivity index (χ1) is 17.2. The third-order valence-electron chi connectivity index (χ3n) is 6.12. The summed E-state index contributed by atoms with van der Waals surface area (Å²) < 4.78 is 27.4. The van der Waals surface area contributed by atoms with Crippen LogP contribution in [-0.2, 0) is 24.4 Å². The largest absolute Gasteiger partial charge is 0.423 e. The van der Waals surface area contributed by atoms with Crippen LogP contribution in [0.1, 0.15) is 16.9 Å². The van der Waals surface area contributed by atoms with Crippen LogP contribution < -0.4 is 10.7 Å². The normalized spacial score (nSPS) is 13.9. The summed E-state index contributed by atoms with van der Waals surface area (Å²) in [6, 6.07) is 25.2. The van der Waals surface area contributed by atoms with Gasteiger partial charge in [-0.3, -0.25) is 4.90 Å². The van der Waals surface area contributed by atoms with Crippen LogP contribution >= 0.6 is 0 Å². The molecule has 0 bridgehead atoms. The van der Waals surface area contributed by atoms with E-state index in [9.17, 15) is 9.18 Å². The highest BCUT2D eigenvalue weighted by atomic mass is 19.1. The van der Waals surface area contributed by atoms with Crippen LogP contribution in [0.4, 0.5) is 10.1 Å². The molecule has 0 unspecified atom stereocenters. The minimum atomic E-state index is -0.528. The van der Waals surface area contributed by atoms with Gasteiger partial charge in [0.15, 0.2) is 0 Å². The van der Waals surface area contributed by atoms with Gasteiger partial charge in [-0.2, -0.15) is 0 Å². The SMILES string of the molecule is O=c1oc(CN(Cc2ccccc2)Cc2ccccc2)cn1-c1cccc(F)c1N1CCOCC1. The number of halogens is 1. The van der Waals surface area contributed by atoms with E-state index in [2.05, 4.69) is 29.2 Å². The van der Waals surface area contributed by atoms with E-state index in [1.54, 1.807) is 18.3 Å². The third kappa shape index (κ3) is 5.53. The molecular formula is C28H28FN3O3. The zero-order valence-electron chi connectivity index (χ0n) is 19.5. The van der Waals surface area contributed by atoms with Crippen molar-refractivity contribution in [3.05, 3.63) is 118 Å². The molecule has 1 aliphatic heterocycles. The van der Waals surface area contributed by atoms with Gasteiger partial charge in [0.05, 0.1) is 37.3 Å². The molecule has 1 aliphatic rings. The Kier molecular flexibility index (Phi) is 7.07. The number of hydrogen-bond acceptors (Lipinski definition) is 5. The zero-order chi connectivity index (χ0) is 24.0. The van der Waals surface area contributed by atoms with Gasteiger partial charge in [-0.05, 0) is 23.3 Å². The van der Waals surface area contributed by atoms with Crippen LogP contribution in [0, 0.1) is 5.82 Å². The number of para-hydroxylation sites is 1. The number of ether oxygens (including phenoxy) is 1. The number of rotatable bonds is 8. The van der Waals surface area contributed by atoms with Gasteiger partial charge in [-0.25, -0.2) is 13.8 Å². The quantitative estimate of drug-likeness (QED) is 0.374. The fourth-order valence-electron chi connectivity index (χ4n) is 4.50. The molecule has 1 aromatic heterocycles. The fourth-order valence-corrected chi connectivity index (χ4v) is 4.50. The molecule has 180 valence electrons. The Morgan fingerprint density at radius 2 is 1.43 bits per heavy atom. The first kappa shape index (κ1) is 23.1. The van der Waals surface area contributed by atoms with Crippen LogP contribution in [0.25, 0.3) is 5.69 Å². The monoisotopic (exact) mass is 473 g/mol. The van der Waals surface area contributed by atoms with Gasteiger partial charge in [0.2, 0.25) is 0 Å². The summed E-state index contributed by atoms with van der Waals surface area (Å²) in [6.45, 7) is 4.01. The van der Waals surface area contributed by atoms with Crippen molar-refractivity contribution in [3.8, 4) is 5.69 Å². The van der Waals surface area contributed by atoms with E-state index in [0.29, 0.717) is 63.1 Å². The second-order valence-corrected chi connectivity index (χ2v) is 8.66. The summed E-state index contributed by atoms with van der Waals surface area (Å²) in [5.41, 5.74) is 3.22. The fraction of sp³-hybridized carbons (Fsp3) is 0.250. The maximum atomic E-state index is 14.9. The maximum absolute atomic E-state index is 14.9. The predicted octanol–water partition coefficient (Wildman–Crippen LogP) is 4.61. The van der Waals surface area contributed by atoms with Crippen LogP contribution in [0.15, 0.2) is 94.3 Å². The molecule has 6 nitrogen and oxygen atoms in total. The Labute approximate surface area is 203 Å². The topological polar surface area (TPSA) is 50.9 Å². The molecule has 0 spiro atoms. The van der Waals surface area contributed by atoms with E-state index in [4.69, 9.17) is 9.15 Å². The second kappa shape index (κ2) is 10.7. The van der Waals surface area contributed by atoms with E-state index < -0.39 is 5.76 Å². The summed E-state index contributed by atoms with van der Waals surface area (Å²) in [7, 11) is 0. The van der Waals surface area contributed by atoms with Crippen LogP contribution in [0.5, 0.6) is 0 Å². The molecule has 0 aliphatic carbocycles. The molecule has 0 N–H and O–H groups in total. The summed E-state index contributed by atoms with van der Waals surface area (Å²) in [4.78, 5) is 17.0. The molecule has 1 fully saturated rings. The van der Waals surface area contributed by atoms with E-state index in [1.165, 1.54) is 21.8 Å². The van der Waals surface area contributed by atoms with Crippen molar-refractivity contribution < 1.29 is 13.5 Å². The van der Waals surface area contributed by atoms with E-state index >= 15 is 0 Å². The van der Waals surface area contributed by atoms with E-state index in [-0.39, 0.29) is 5.82 Å². The van der Waals surface area contributed by atoms with E-state index in [1.807, 2.05) is 41.3 Å². The number of benzene rings is 3. The predicted molar refractivity (Wildman–Crippen MR) is 133 cm³/mol. The van der Waals surface area contributed by atoms with Gasteiger partial charge >= 0.3 is 5.76 Å². The first-order valence-corrected chi connectivity index (χ1v) is 11.8. The lowest BCUT2D eigenvalue weighted by molar-refractivity contribution is 0.122. The lowest BCUT2D eigenvalue weighted by Crippen LogP contribution is -2.37. The lowest BCUT2D eigenvalue weighted by atomic mass is 10.1. The average molecular weight is 474 g/mol. The molecule has 4 aromatic rings.